The van der Waals surface area contributed by atoms with Gasteiger partial charge in [0.05, 0.1) is 27.9 Å². The molecule has 1 heterocycles. The summed E-state index contributed by atoms with van der Waals surface area (Å²) in [5.74, 6) is -1.68. The zero-order chi connectivity index (χ0) is 24.1. The van der Waals surface area contributed by atoms with Gasteiger partial charge in [0.25, 0.3) is 5.56 Å². The predicted molar refractivity (Wildman–Crippen MR) is 134 cm³/mol. The number of nitrogens with one attached hydrogen (secondary N) is 1. The average molecular weight is 494 g/mol. The highest BCUT2D eigenvalue weighted by atomic mass is 35.5. The molecule has 0 bridgehead atoms. The molecule has 1 aromatic heterocycles. The summed E-state index contributed by atoms with van der Waals surface area (Å²) in [5, 5.41) is 13.2. The lowest BCUT2D eigenvalue weighted by molar-refractivity contribution is -0.113. The number of para-hydroxylation sites is 1. The first-order valence-corrected chi connectivity index (χ1v) is 11.8. The number of aryl methyl sites for hydroxylation is 1. The van der Waals surface area contributed by atoms with Gasteiger partial charge in [0.1, 0.15) is 0 Å². The van der Waals surface area contributed by atoms with Gasteiger partial charge < -0.3 is 10.4 Å². The number of hydrogen-bond acceptors (Lipinski definition) is 5. The molecule has 0 saturated heterocycles. The molecule has 3 aromatic carbocycles. The number of aromatic carboxylic acids is 1. The fraction of sp³-hybridized carbons (Fsp3) is 0.120. The van der Waals surface area contributed by atoms with Crippen LogP contribution in [0.4, 0.5) is 5.69 Å². The van der Waals surface area contributed by atoms with Crippen LogP contribution >= 0.6 is 23.4 Å². The highest BCUT2D eigenvalue weighted by Crippen LogP contribution is 2.23. The number of amides is 1. The third kappa shape index (κ3) is 5.47. The van der Waals surface area contributed by atoms with Gasteiger partial charge in [-0.15, -0.1) is 0 Å². The second-order valence-electron chi connectivity index (χ2n) is 7.44. The van der Waals surface area contributed by atoms with E-state index in [1.54, 1.807) is 28.8 Å². The van der Waals surface area contributed by atoms with Gasteiger partial charge in [-0.1, -0.05) is 65.8 Å². The zero-order valence-electron chi connectivity index (χ0n) is 17.9. The minimum absolute atomic E-state index is 0.0636. The number of hydrogen-bond donors (Lipinski definition) is 2. The van der Waals surface area contributed by atoms with Crippen LogP contribution < -0.4 is 10.9 Å². The number of benzene rings is 3. The summed E-state index contributed by atoms with van der Waals surface area (Å²) in [6.07, 6.45) is 0.630. The van der Waals surface area contributed by atoms with Crippen molar-refractivity contribution in [2.75, 3.05) is 11.1 Å². The van der Waals surface area contributed by atoms with Gasteiger partial charge in [-0.2, -0.15) is 0 Å². The van der Waals surface area contributed by atoms with E-state index in [2.05, 4.69) is 10.3 Å². The van der Waals surface area contributed by atoms with Gasteiger partial charge >= 0.3 is 5.97 Å². The molecule has 4 aromatic rings. The van der Waals surface area contributed by atoms with Crippen molar-refractivity contribution >= 4 is 51.8 Å². The third-order valence-electron chi connectivity index (χ3n) is 5.11. The van der Waals surface area contributed by atoms with Crippen molar-refractivity contribution in [1.29, 1.82) is 0 Å². The largest absolute Gasteiger partial charge is 0.478 e. The first-order valence-electron chi connectivity index (χ1n) is 10.4. The summed E-state index contributed by atoms with van der Waals surface area (Å²) >= 11 is 7.08. The number of aromatic nitrogens is 2. The molecular formula is C25H20ClN3O4S. The molecule has 9 heteroatoms. The van der Waals surface area contributed by atoms with E-state index in [9.17, 15) is 19.5 Å². The van der Waals surface area contributed by atoms with Gasteiger partial charge in [-0.05, 0) is 42.3 Å². The summed E-state index contributed by atoms with van der Waals surface area (Å²) in [4.78, 5) is 41.9. The van der Waals surface area contributed by atoms with Crippen LogP contribution in [0.3, 0.4) is 0 Å². The van der Waals surface area contributed by atoms with E-state index in [1.807, 2.05) is 30.3 Å². The van der Waals surface area contributed by atoms with Crippen molar-refractivity contribution < 1.29 is 14.7 Å². The minimum Gasteiger partial charge on any atom is -0.478 e. The number of anilines is 1. The molecule has 34 heavy (non-hydrogen) atoms. The molecular weight excluding hydrogens is 474 g/mol. The lowest BCUT2D eigenvalue weighted by Crippen LogP contribution is -2.25. The molecule has 0 unspecified atom stereocenters. The van der Waals surface area contributed by atoms with Crippen molar-refractivity contribution in [3.8, 4) is 0 Å². The Morgan fingerprint density at radius 3 is 2.53 bits per heavy atom. The maximum atomic E-state index is 13.2. The van der Waals surface area contributed by atoms with Crippen LogP contribution in [0.1, 0.15) is 15.9 Å². The van der Waals surface area contributed by atoms with Gasteiger partial charge in [-0.25, -0.2) is 9.78 Å². The number of carboxylic acid groups (broad SMARTS) is 1. The fourth-order valence-corrected chi connectivity index (χ4v) is 4.46. The van der Waals surface area contributed by atoms with Crippen molar-refractivity contribution in [1.82, 2.24) is 9.55 Å². The summed E-state index contributed by atoms with van der Waals surface area (Å²) in [5.41, 5.74) is 1.50. The summed E-state index contributed by atoms with van der Waals surface area (Å²) in [6, 6.07) is 21.0. The molecule has 1 amide bonds. The number of carbonyl (C=O) groups is 2. The van der Waals surface area contributed by atoms with Crippen LogP contribution in [0.15, 0.2) is 82.7 Å². The van der Waals surface area contributed by atoms with Crippen molar-refractivity contribution in [2.24, 2.45) is 0 Å². The van der Waals surface area contributed by atoms with Crippen LogP contribution in [0.25, 0.3) is 10.9 Å². The normalized spacial score (nSPS) is 10.9. The topological polar surface area (TPSA) is 101 Å². The Bertz CT molecular complexity index is 1420. The molecule has 7 nitrogen and oxygen atoms in total. The second-order valence-corrected chi connectivity index (χ2v) is 8.81. The number of fused-ring (bicyclic) bond motifs is 1. The maximum absolute atomic E-state index is 13.2. The van der Waals surface area contributed by atoms with E-state index in [-0.39, 0.29) is 22.6 Å². The Labute approximate surface area is 204 Å². The Hall–Kier alpha value is -3.62. The summed E-state index contributed by atoms with van der Waals surface area (Å²) in [6.45, 7) is 0.405. The SMILES string of the molecule is O=C(CSc1nc2ccccc2c(=O)n1CCc1ccccc1)Nc1cc(Cl)ccc1C(=O)O. The molecule has 0 aliphatic carbocycles. The first-order chi connectivity index (χ1) is 16.4. The van der Waals surface area contributed by atoms with Crippen LogP contribution in [0, 0.1) is 0 Å². The highest BCUT2D eigenvalue weighted by molar-refractivity contribution is 7.99. The van der Waals surface area contributed by atoms with E-state index >= 15 is 0 Å². The number of halogens is 1. The van der Waals surface area contributed by atoms with E-state index in [0.29, 0.717) is 34.0 Å². The van der Waals surface area contributed by atoms with Gasteiger partial charge in [0, 0.05) is 11.6 Å². The number of carboxylic acids is 1. The molecule has 0 spiro atoms. The smallest absolute Gasteiger partial charge is 0.337 e. The fourth-order valence-electron chi connectivity index (χ4n) is 3.46. The van der Waals surface area contributed by atoms with E-state index in [0.717, 1.165) is 17.3 Å². The number of thioether (sulfide) groups is 1. The highest BCUT2D eigenvalue weighted by Gasteiger charge is 2.16. The molecule has 0 aliphatic rings. The van der Waals surface area contributed by atoms with Gasteiger partial charge in [0.15, 0.2) is 5.16 Å². The lowest BCUT2D eigenvalue weighted by Gasteiger charge is -2.14. The minimum atomic E-state index is -1.18. The maximum Gasteiger partial charge on any atom is 0.337 e. The van der Waals surface area contributed by atoms with Crippen LogP contribution in [0.2, 0.25) is 5.02 Å². The van der Waals surface area contributed by atoms with Gasteiger partial charge in [0.2, 0.25) is 5.91 Å². The Morgan fingerprint density at radius 2 is 1.76 bits per heavy atom. The molecule has 172 valence electrons. The Balaban J connectivity index is 1.57. The average Bonchev–Trinajstić information content (AvgIpc) is 2.83. The molecule has 0 radical (unpaired) electrons. The molecule has 0 aliphatic heterocycles. The Morgan fingerprint density at radius 1 is 1.03 bits per heavy atom. The quantitative estimate of drug-likeness (QED) is 0.272. The molecule has 4 rings (SSSR count). The van der Waals surface area contributed by atoms with E-state index in [4.69, 9.17) is 11.6 Å². The predicted octanol–water partition coefficient (Wildman–Crippen LogP) is 4.72. The zero-order valence-corrected chi connectivity index (χ0v) is 19.5. The molecule has 2 N–H and O–H groups in total. The number of nitrogens with zero attached hydrogens (tertiary/aromatic N) is 2. The number of rotatable bonds is 8. The molecule has 0 atom stereocenters. The van der Waals surface area contributed by atoms with Crippen molar-refractivity contribution in [3.63, 3.8) is 0 Å². The summed E-state index contributed by atoms with van der Waals surface area (Å²) in [7, 11) is 0. The number of carbonyl (C=O) groups excluding carboxylic acids is 1. The first kappa shape index (κ1) is 23.5. The third-order valence-corrected chi connectivity index (χ3v) is 6.32. The van der Waals surface area contributed by atoms with Crippen LogP contribution in [0.5, 0.6) is 0 Å². The van der Waals surface area contributed by atoms with E-state index in [1.165, 1.54) is 18.2 Å². The standard InChI is InChI=1S/C25H20ClN3O4S/c26-17-10-11-19(24(32)33)21(14-17)27-22(30)15-34-25-28-20-9-5-4-8-18(20)23(31)29(25)13-12-16-6-2-1-3-7-16/h1-11,14H,12-13,15H2,(H,27,30)(H,32,33). The second kappa shape index (κ2) is 10.5. The van der Waals surface area contributed by atoms with Crippen LogP contribution in [-0.2, 0) is 17.8 Å². The molecule has 0 saturated carbocycles. The van der Waals surface area contributed by atoms with Crippen LogP contribution in [-0.4, -0.2) is 32.3 Å². The van der Waals surface area contributed by atoms with Crippen molar-refractivity contribution in [2.45, 2.75) is 18.1 Å². The van der Waals surface area contributed by atoms with Crippen molar-refractivity contribution in [3.05, 3.63) is 99.3 Å². The Kier molecular flexibility index (Phi) is 7.30. The van der Waals surface area contributed by atoms with E-state index < -0.39 is 11.9 Å². The monoisotopic (exact) mass is 493 g/mol. The van der Waals surface area contributed by atoms with Gasteiger partial charge in [-0.3, -0.25) is 14.2 Å². The lowest BCUT2D eigenvalue weighted by atomic mass is 10.1. The summed E-state index contributed by atoms with van der Waals surface area (Å²) < 4.78 is 1.58. The molecule has 0 fully saturated rings.